The Balaban J connectivity index is 6.40. The molecule has 0 saturated carbocycles. The molecule has 0 saturated heterocycles. The minimum atomic E-state index is -8.37. The highest BCUT2D eigenvalue weighted by Crippen LogP contribution is 2.59. The molecular weight excluding hydrogens is 465 g/mol. The summed E-state index contributed by atoms with van der Waals surface area (Å²) in [4.78, 5) is 0. The minimum absolute atomic E-state index is 1.12. The van der Waals surface area contributed by atoms with Gasteiger partial charge in [0.05, 0.1) is 0 Å². The average Bonchev–Trinajstić information content (AvgIpc) is 2.33. The van der Waals surface area contributed by atoms with Gasteiger partial charge in [0.15, 0.2) is 0 Å². The molecule has 0 unspecified atom stereocenters. The van der Waals surface area contributed by atoms with Crippen LogP contribution in [0.25, 0.3) is 0 Å². The monoisotopic (exact) mass is 466 g/mol. The van der Waals surface area contributed by atoms with E-state index in [0.717, 1.165) is 4.74 Å². The number of hydrogen-bond donors (Lipinski definition) is 1. The molecule has 0 heterocycles. The molecule has 0 fully saturated rings. The van der Waals surface area contributed by atoms with Gasteiger partial charge in [-0.25, -0.2) is 4.74 Å². The highest BCUT2D eigenvalue weighted by atomic mass is 32.2. The van der Waals surface area contributed by atoms with Crippen LogP contribution < -0.4 is 0 Å². The van der Waals surface area contributed by atoms with Crippen LogP contribution in [0.15, 0.2) is 0 Å². The van der Waals surface area contributed by atoms with E-state index < -0.39 is 51.5 Å². The third kappa shape index (κ3) is 3.74. The van der Waals surface area contributed by atoms with Crippen molar-refractivity contribution in [2.24, 2.45) is 0 Å². The van der Waals surface area contributed by atoms with Crippen LogP contribution in [0.1, 0.15) is 0 Å². The first-order chi connectivity index (χ1) is 11.2. The predicted octanol–water partition coefficient (Wildman–Crippen LogP) is 4.14. The van der Waals surface area contributed by atoms with Gasteiger partial charge in [-0.3, -0.25) is 4.55 Å². The average molecular weight is 466 g/mol. The Morgan fingerprint density at radius 1 is 0.556 bits per heavy atom. The SMILES string of the molecule is O=S(=O)(O)C(F)(F)C(F)(F)C(F)(F)C(F)(F)C(F)(F)OC(F)(F)C(F)(F)F. The number of halogens is 15. The Morgan fingerprint density at radius 3 is 1.15 bits per heavy atom. The van der Waals surface area contributed by atoms with Crippen LogP contribution in [-0.4, -0.2) is 54.4 Å². The van der Waals surface area contributed by atoms with E-state index in [0.29, 0.717) is 0 Å². The summed E-state index contributed by atoms with van der Waals surface area (Å²) in [5.74, 6) is -24.8. The van der Waals surface area contributed by atoms with Crippen molar-refractivity contribution in [1.29, 1.82) is 0 Å². The van der Waals surface area contributed by atoms with Gasteiger partial charge in [-0.15, -0.1) is 0 Å². The van der Waals surface area contributed by atoms with Gasteiger partial charge in [-0.2, -0.15) is 74.3 Å². The van der Waals surface area contributed by atoms with Gasteiger partial charge in [0.1, 0.15) is 0 Å². The molecule has 0 atom stereocenters. The number of rotatable bonds is 7. The molecule has 0 radical (unpaired) electrons. The Hall–Kier alpha value is -1.18. The zero-order chi connectivity index (χ0) is 22.7. The largest absolute Gasteiger partial charge is 0.483 e. The van der Waals surface area contributed by atoms with Crippen molar-refractivity contribution < 1.29 is 83.6 Å². The van der Waals surface area contributed by atoms with Crippen molar-refractivity contribution in [2.75, 3.05) is 0 Å². The third-order valence-electron chi connectivity index (χ3n) is 2.43. The lowest BCUT2D eigenvalue weighted by Crippen LogP contribution is -2.69. The zero-order valence-corrected chi connectivity index (χ0v) is 12.1. The molecule has 0 aromatic heterocycles. The fourth-order valence-electron chi connectivity index (χ4n) is 1.01. The van der Waals surface area contributed by atoms with Crippen molar-refractivity contribution in [2.45, 2.75) is 41.4 Å². The fraction of sp³-hybridized carbons (Fsp3) is 1.00. The van der Waals surface area contributed by atoms with E-state index in [1.165, 1.54) is 0 Å². The molecule has 27 heavy (non-hydrogen) atoms. The summed E-state index contributed by atoms with van der Waals surface area (Å²) in [6.07, 6.45) is -22.6. The predicted molar refractivity (Wildman–Crippen MR) is 48.4 cm³/mol. The van der Waals surface area contributed by atoms with Crippen LogP contribution in [0, 0.1) is 0 Å². The highest BCUT2D eigenvalue weighted by molar-refractivity contribution is 7.87. The van der Waals surface area contributed by atoms with Gasteiger partial charge in [0.2, 0.25) is 0 Å². The van der Waals surface area contributed by atoms with Crippen molar-refractivity contribution in [3.05, 3.63) is 0 Å². The smallest absolute Gasteiger partial charge is 0.281 e. The fourth-order valence-corrected chi connectivity index (χ4v) is 1.46. The molecule has 0 spiro atoms. The molecule has 4 nitrogen and oxygen atoms in total. The first kappa shape index (κ1) is 25.8. The van der Waals surface area contributed by atoms with E-state index in [-0.39, 0.29) is 0 Å². The normalized spacial score (nSPS) is 16.6. The summed E-state index contributed by atoms with van der Waals surface area (Å²) >= 11 is 0. The topological polar surface area (TPSA) is 63.6 Å². The first-order valence-electron chi connectivity index (χ1n) is 5.21. The number of ether oxygens (including phenoxy) is 1. The lowest BCUT2D eigenvalue weighted by molar-refractivity contribution is -0.511. The summed E-state index contributed by atoms with van der Waals surface area (Å²) in [5.41, 5.74) is 0. The number of hydrogen-bond acceptors (Lipinski definition) is 3. The molecule has 20 heteroatoms. The number of alkyl halides is 15. The van der Waals surface area contributed by atoms with E-state index in [1.807, 2.05) is 0 Å². The van der Waals surface area contributed by atoms with Crippen molar-refractivity contribution in [3.63, 3.8) is 0 Å². The van der Waals surface area contributed by atoms with Crippen LogP contribution in [0.5, 0.6) is 0 Å². The first-order valence-corrected chi connectivity index (χ1v) is 6.65. The van der Waals surface area contributed by atoms with Gasteiger partial charge in [-0.1, -0.05) is 0 Å². The second-order valence-corrected chi connectivity index (χ2v) is 5.81. The van der Waals surface area contributed by atoms with Crippen LogP contribution in [-0.2, 0) is 14.9 Å². The van der Waals surface area contributed by atoms with E-state index >= 15 is 0 Å². The van der Waals surface area contributed by atoms with E-state index in [9.17, 15) is 74.3 Å². The summed E-state index contributed by atoms with van der Waals surface area (Å²) in [5, 5.41) is -7.63. The molecule has 0 aliphatic carbocycles. The zero-order valence-electron chi connectivity index (χ0n) is 11.2. The Morgan fingerprint density at radius 2 is 0.889 bits per heavy atom. The maximum Gasteiger partial charge on any atom is 0.483 e. The van der Waals surface area contributed by atoms with Crippen molar-refractivity contribution in [3.8, 4) is 0 Å². The molecule has 0 rings (SSSR count). The highest BCUT2D eigenvalue weighted by Gasteiger charge is 2.90. The maximum absolute atomic E-state index is 12.9. The maximum atomic E-state index is 12.9. The molecular formula is C7HF15O4S. The van der Waals surface area contributed by atoms with E-state index in [1.54, 1.807) is 0 Å². The summed E-state index contributed by atoms with van der Waals surface area (Å²) in [7, 11) is -7.72. The molecule has 0 bridgehead atoms. The van der Waals surface area contributed by atoms with Gasteiger partial charge in [-0.05, 0) is 0 Å². The Kier molecular flexibility index (Phi) is 5.89. The Labute approximate surface area is 136 Å². The van der Waals surface area contributed by atoms with E-state index in [4.69, 9.17) is 4.55 Å². The molecule has 0 aromatic rings. The molecule has 0 aromatic carbocycles. The van der Waals surface area contributed by atoms with Crippen LogP contribution >= 0.6 is 0 Å². The molecule has 164 valence electrons. The van der Waals surface area contributed by atoms with Crippen LogP contribution in [0.3, 0.4) is 0 Å². The van der Waals surface area contributed by atoms with Crippen molar-refractivity contribution >= 4 is 10.1 Å². The second kappa shape index (κ2) is 6.16. The second-order valence-electron chi connectivity index (χ2n) is 4.35. The molecule has 1 N–H and O–H groups in total. The van der Waals surface area contributed by atoms with Crippen LogP contribution in [0.2, 0.25) is 0 Å². The summed E-state index contributed by atoms with van der Waals surface area (Å²) in [6, 6.07) is 0. The van der Waals surface area contributed by atoms with Gasteiger partial charge in [0.25, 0.3) is 0 Å². The lowest BCUT2D eigenvalue weighted by atomic mass is 10.0. The molecule has 0 aliphatic heterocycles. The molecule has 0 amide bonds. The quantitative estimate of drug-likeness (QED) is 0.453. The van der Waals surface area contributed by atoms with Gasteiger partial charge in [0, 0.05) is 0 Å². The van der Waals surface area contributed by atoms with Crippen LogP contribution in [0.4, 0.5) is 65.9 Å². The molecule has 0 aliphatic rings. The summed E-state index contributed by atoms with van der Waals surface area (Å²) < 4.78 is 216. The minimum Gasteiger partial charge on any atom is -0.281 e. The van der Waals surface area contributed by atoms with Gasteiger partial charge < -0.3 is 0 Å². The Bertz CT molecular complexity index is 662. The standard InChI is InChI=1S/C7HF15O4S/c8-1(9,3(12,13)7(21,22)27(23,24)25)2(10,11)5(17,18)26-6(19,20)4(14,15)16/h(H,23,24,25). The van der Waals surface area contributed by atoms with Gasteiger partial charge >= 0.3 is 51.5 Å². The van der Waals surface area contributed by atoms with E-state index in [2.05, 4.69) is 0 Å². The lowest BCUT2D eigenvalue weighted by Gasteiger charge is -2.38. The summed E-state index contributed by atoms with van der Waals surface area (Å²) in [6.45, 7) is 0. The third-order valence-corrected chi connectivity index (χ3v) is 3.33. The van der Waals surface area contributed by atoms with Crippen molar-refractivity contribution in [1.82, 2.24) is 0 Å².